The maximum Gasteiger partial charge on any atom is 0.282 e. The molecule has 0 saturated carbocycles. The van der Waals surface area contributed by atoms with Gasteiger partial charge in [0.05, 0.1) is 32.1 Å². The van der Waals surface area contributed by atoms with Gasteiger partial charge >= 0.3 is 0 Å². The topological polar surface area (TPSA) is 68.3 Å². The van der Waals surface area contributed by atoms with Crippen molar-refractivity contribution in [3.8, 4) is 17.2 Å². The highest BCUT2D eigenvalue weighted by Crippen LogP contribution is 2.39. The molecule has 1 fully saturated rings. The number of benzene rings is 2. The van der Waals surface area contributed by atoms with Gasteiger partial charge in [-0.15, -0.1) is 0 Å². The molecule has 2 aromatic carbocycles. The zero-order valence-electron chi connectivity index (χ0n) is 18.7. The number of ether oxygens (including phenoxy) is 3. The Morgan fingerprint density at radius 1 is 0.844 bits per heavy atom. The van der Waals surface area contributed by atoms with Gasteiger partial charge in [-0.3, -0.25) is 9.59 Å². The van der Waals surface area contributed by atoms with Gasteiger partial charge in [-0.2, -0.15) is 0 Å². The van der Waals surface area contributed by atoms with E-state index in [1.165, 1.54) is 12.0 Å². The van der Waals surface area contributed by atoms with Crippen molar-refractivity contribution in [2.24, 2.45) is 0 Å². The van der Waals surface area contributed by atoms with Crippen molar-refractivity contribution in [3.05, 3.63) is 53.7 Å². The summed E-state index contributed by atoms with van der Waals surface area (Å²) in [5, 5.41) is 0. The highest BCUT2D eigenvalue weighted by atomic mass is 16.5. The Morgan fingerprint density at radius 2 is 1.53 bits per heavy atom. The lowest BCUT2D eigenvalue weighted by atomic mass is 10.0. The van der Waals surface area contributed by atoms with Crippen LogP contribution in [0.1, 0.15) is 31.7 Å². The van der Waals surface area contributed by atoms with Crippen LogP contribution in [0.3, 0.4) is 0 Å². The molecule has 0 unspecified atom stereocenters. The van der Waals surface area contributed by atoms with Crippen LogP contribution < -0.4 is 19.1 Å². The van der Waals surface area contributed by atoms with Crippen LogP contribution in [-0.4, -0.2) is 50.6 Å². The lowest BCUT2D eigenvalue weighted by Crippen LogP contribution is -2.37. The molecule has 2 aromatic rings. The summed E-state index contributed by atoms with van der Waals surface area (Å²) in [7, 11) is 3.07. The fraction of sp³-hybridized carbons (Fsp3) is 0.360. The second-order valence-electron chi connectivity index (χ2n) is 7.71. The number of methoxy groups -OCH3 is 2. The highest BCUT2D eigenvalue weighted by molar-refractivity contribution is 6.45. The zero-order chi connectivity index (χ0) is 22.7. The Hall–Kier alpha value is -3.48. The maximum absolute atomic E-state index is 13.7. The van der Waals surface area contributed by atoms with Crippen LogP contribution in [0.5, 0.6) is 17.2 Å². The molecule has 0 N–H and O–H groups in total. The second kappa shape index (κ2) is 9.34. The number of carbonyl (C=O) groups excluding carboxylic acids is 2. The Kier molecular flexibility index (Phi) is 6.35. The summed E-state index contributed by atoms with van der Waals surface area (Å²) in [5.41, 5.74) is 2.05. The number of hydrogen-bond acceptors (Lipinski definition) is 6. The van der Waals surface area contributed by atoms with Gasteiger partial charge in [0.2, 0.25) is 0 Å². The molecule has 32 heavy (non-hydrogen) atoms. The van der Waals surface area contributed by atoms with Gasteiger partial charge in [0.15, 0.2) is 11.5 Å². The number of nitrogens with zero attached hydrogens (tertiary/aromatic N) is 2. The molecule has 2 heterocycles. The van der Waals surface area contributed by atoms with Crippen LogP contribution in [0, 0.1) is 0 Å². The lowest BCUT2D eigenvalue weighted by Gasteiger charge is -2.29. The minimum absolute atomic E-state index is 0.312. The van der Waals surface area contributed by atoms with Crippen LogP contribution in [0.2, 0.25) is 0 Å². The average Bonchev–Trinajstić information content (AvgIpc) is 3.09. The molecule has 0 aromatic heterocycles. The van der Waals surface area contributed by atoms with Crippen molar-refractivity contribution in [2.75, 3.05) is 38.8 Å². The zero-order valence-corrected chi connectivity index (χ0v) is 18.7. The predicted molar refractivity (Wildman–Crippen MR) is 122 cm³/mol. The van der Waals surface area contributed by atoms with Crippen LogP contribution >= 0.6 is 0 Å². The Balaban J connectivity index is 1.78. The van der Waals surface area contributed by atoms with Crippen LogP contribution in [-0.2, 0) is 9.59 Å². The molecule has 2 aliphatic rings. The van der Waals surface area contributed by atoms with Gasteiger partial charge in [0, 0.05) is 19.2 Å². The first kappa shape index (κ1) is 21.7. The fourth-order valence-electron chi connectivity index (χ4n) is 4.27. The third-order valence-corrected chi connectivity index (χ3v) is 5.81. The maximum atomic E-state index is 13.7. The Bertz CT molecular complexity index is 1040. The monoisotopic (exact) mass is 436 g/mol. The number of likely N-dealkylation sites (tertiary alicyclic amines) is 1. The van der Waals surface area contributed by atoms with E-state index in [0.717, 1.165) is 38.1 Å². The van der Waals surface area contributed by atoms with Crippen molar-refractivity contribution in [1.82, 2.24) is 4.90 Å². The van der Waals surface area contributed by atoms with Crippen molar-refractivity contribution in [2.45, 2.75) is 26.2 Å². The molecular weight excluding hydrogens is 408 g/mol. The normalized spacial score (nSPS) is 16.6. The molecule has 168 valence electrons. The van der Waals surface area contributed by atoms with Crippen LogP contribution in [0.15, 0.2) is 48.2 Å². The summed E-state index contributed by atoms with van der Waals surface area (Å²) < 4.78 is 16.2. The van der Waals surface area contributed by atoms with Gasteiger partial charge < -0.3 is 19.1 Å². The number of amides is 2. The summed E-state index contributed by atoms with van der Waals surface area (Å²) in [6, 6.07) is 12.4. The third kappa shape index (κ3) is 3.90. The molecule has 4 rings (SSSR count). The van der Waals surface area contributed by atoms with Gasteiger partial charge in [-0.25, -0.2) is 4.90 Å². The van der Waals surface area contributed by atoms with E-state index in [1.807, 2.05) is 31.2 Å². The molecule has 0 spiro atoms. The summed E-state index contributed by atoms with van der Waals surface area (Å²) in [4.78, 5) is 30.6. The Labute approximate surface area is 188 Å². The molecule has 0 atom stereocenters. The minimum atomic E-state index is -0.341. The average molecular weight is 437 g/mol. The summed E-state index contributed by atoms with van der Waals surface area (Å²) >= 11 is 0. The first-order chi connectivity index (χ1) is 15.6. The second-order valence-corrected chi connectivity index (χ2v) is 7.71. The first-order valence-electron chi connectivity index (χ1n) is 10.9. The molecule has 0 radical (unpaired) electrons. The van der Waals surface area contributed by atoms with E-state index in [9.17, 15) is 9.59 Å². The number of imide groups is 1. The van der Waals surface area contributed by atoms with Crippen LogP contribution in [0.25, 0.3) is 5.57 Å². The summed E-state index contributed by atoms with van der Waals surface area (Å²) in [6.07, 6.45) is 3.12. The smallest absolute Gasteiger partial charge is 0.282 e. The fourth-order valence-corrected chi connectivity index (χ4v) is 4.27. The number of anilines is 1. The van der Waals surface area contributed by atoms with Gasteiger partial charge in [-0.1, -0.05) is 12.1 Å². The van der Waals surface area contributed by atoms with E-state index in [0.29, 0.717) is 40.6 Å². The van der Waals surface area contributed by atoms with Crippen LogP contribution in [0.4, 0.5) is 5.69 Å². The minimum Gasteiger partial charge on any atom is -0.494 e. The molecule has 0 bridgehead atoms. The number of hydrogen-bond donors (Lipinski definition) is 0. The SMILES string of the molecule is CCOc1ccc(C2=C(N3CCCCC3)C(=O)N(c3ccc(OC)c(OC)c3)C2=O)cc1. The Morgan fingerprint density at radius 3 is 2.16 bits per heavy atom. The quantitative estimate of drug-likeness (QED) is 0.614. The molecule has 0 aliphatic carbocycles. The van der Waals surface area contributed by atoms with E-state index < -0.39 is 0 Å². The van der Waals surface area contributed by atoms with Gasteiger partial charge in [0.1, 0.15) is 11.4 Å². The van der Waals surface area contributed by atoms with E-state index in [1.54, 1.807) is 25.3 Å². The molecule has 7 nitrogen and oxygen atoms in total. The van der Waals surface area contributed by atoms with Gasteiger partial charge in [0.25, 0.3) is 11.8 Å². The molecular formula is C25H28N2O5. The highest BCUT2D eigenvalue weighted by Gasteiger charge is 2.42. The molecule has 7 heteroatoms. The summed E-state index contributed by atoms with van der Waals surface area (Å²) in [5.74, 6) is 1.07. The molecule has 1 saturated heterocycles. The number of rotatable bonds is 7. The largest absolute Gasteiger partial charge is 0.494 e. The van der Waals surface area contributed by atoms with E-state index >= 15 is 0 Å². The molecule has 2 amide bonds. The summed E-state index contributed by atoms with van der Waals surface area (Å²) in [6.45, 7) is 4.00. The van der Waals surface area contributed by atoms with Gasteiger partial charge in [-0.05, 0) is 56.0 Å². The number of piperidine rings is 1. The van der Waals surface area contributed by atoms with E-state index in [2.05, 4.69) is 4.90 Å². The predicted octanol–water partition coefficient (Wildman–Crippen LogP) is 3.87. The standard InChI is InChI=1S/C25H28N2O5/c1-4-32-19-11-8-17(9-12-19)22-23(26-14-6-5-7-15-26)25(29)27(24(22)28)18-10-13-20(30-2)21(16-18)31-3/h8-13,16H,4-7,14-15H2,1-3H3. The first-order valence-corrected chi connectivity index (χ1v) is 10.9. The lowest BCUT2D eigenvalue weighted by molar-refractivity contribution is -0.120. The van der Waals surface area contributed by atoms with Crippen molar-refractivity contribution in [3.63, 3.8) is 0 Å². The van der Waals surface area contributed by atoms with Crippen molar-refractivity contribution in [1.29, 1.82) is 0 Å². The number of carbonyl (C=O) groups is 2. The third-order valence-electron chi connectivity index (χ3n) is 5.81. The van der Waals surface area contributed by atoms with E-state index in [4.69, 9.17) is 14.2 Å². The molecule has 2 aliphatic heterocycles. The van der Waals surface area contributed by atoms with Crippen molar-refractivity contribution < 1.29 is 23.8 Å². The van der Waals surface area contributed by atoms with E-state index in [-0.39, 0.29) is 11.8 Å². The van der Waals surface area contributed by atoms with Crippen molar-refractivity contribution >= 4 is 23.1 Å².